The van der Waals surface area contributed by atoms with Crippen LogP contribution in [0.5, 0.6) is 5.75 Å². The van der Waals surface area contributed by atoms with Crippen molar-refractivity contribution >= 4 is 44.7 Å². The number of hydrogen-bond donors (Lipinski definition) is 3. The van der Waals surface area contributed by atoms with Crippen molar-refractivity contribution in [2.75, 3.05) is 23.8 Å². The number of anilines is 3. The Hall–Kier alpha value is -4.05. The van der Waals surface area contributed by atoms with Crippen LogP contribution in [-0.4, -0.2) is 33.7 Å². The predicted octanol–water partition coefficient (Wildman–Crippen LogP) is 2.65. The third-order valence-electron chi connectivity index (χ3n) is 5.07. The summed E-state index contributed by atoms with van der Waals surface area (Å²) in [5.41, 5.74) is 14.2. The lowest BCUT2D eigenvalue weighted by Gasteiger charge is -2.31. The van der Waals surface area contributed by atoms with Gasteiger partial charge in [-0.2, -0.15) is 0 Å². The fourth-order valence-electron chi connectivity index (χ4n) is 3.65. The molecule has 2 aromatic carbocycles. The highest BCUT2D eigenvalue weighted by molar-refractivity contribution is 7.20. The van der Waals surface area contributed by atoms with E-state index in [9.17, 15) is 4.79 Å². The molecule has 0 spiro atoms. The van der Waals surface area contributed by atoms with Crippen LogP contribution in [0.1, 0.15) is 4.88 Å². The number of rotatable bonds is 3. The van der Waals surface area contributed by atoms with Crippen LogP contribution < -0.4 is 26.7 Å². The Bertz CT molecular complexity index is 1380. The number of ether oxygens (including phenoxy) is 1. The fraction of sp³-hybridized carbons (Fsp3) is 0.0952. The van der Waals surface area contributed by atoms with Crippen molar-refractivity contribution in [1.29, 1.82) is 0 Å². The van der Waals surface area contributed by atoms with E-state index in [0.29, 0.717) is 34.1 Å². The topological polar surface area (TPSA) is 132 Å². The molecule has 3 heterocycles. The van der Waals surface area contributed by atoms with Crippen LogP contribution in [0.15, 0.2) is 64.5 Å². The lowest BCUT2D eigenvalue weighted by atomic mass is 10.1. The molecule has 5 rings (SSSR count). The molecule has 1 aliphatic heterocycles. The second kappa shape index (κ2) is 7.33. The van der Waals surface area contributed by atoms with Crippen LogP contribution in [0.2, 0.25) is 0 Å². The lowest BCUT2D eigenvalue weighted by Crippen LogP contribution is -2.29. The first kappa shape index (κ1) is 18.9. The molecule has 0 fully saturated rings. The SMILES string of the molecule is NC(=NO)c1cc2c(nc(N)c(=O)n2-c2ccc3c(c2)N(c2ccccc2)CCO3)s1. The smallest absolute Gasteiger partial charge is 0.298 e. The first-order valence-electron chi connectivity index (χ1n) is 9.46. The van der Waals surface area contributed by atoms with Gasteiger partial charge in [-0.05, 0) is 36.4 Å². The molecule has 10 heteroatoms. The summed E-state index contributed by atoms with van der Waals surface area (Å²) in [5.74, 6) is 0.539. The number of nitrogens with zero attached hydrogens (tertiary/aromatic N) is 4. The zero-order chi connectivity index (χ0) is 21.5. The summed E-state index contributed by atoms with van der Waals surface area (Å²) in [6.07, 6.45) is 0. The van der Waals surface area contributed by atoms with Gasteiger partial charge in [-0.25, -0.2) is 4.98 Å². The Morgan fingerprint density at radius 2 is 1.97 bits per heavy atom. The van der Waals surface area contributed by atoms with Gasteiger partial charge in [-0.3, -0.25) is 9.36 Å². The van der Waals surface area contributed by atoms with Crippen molar-refractivity contribution in [3.05, 3.63) is 69.8 Å². The van der Waals surface area contributed by atoms with E-state index in [1.165, 1.54) is 15.9 Å². The average molecular weight is 434 g/mol. The lowest BCUT2D eigenvalue weighted by molar-refractivity contribution is 0.314. The van der Waals surface area contributed by atoms with Crippen molar-refractivity contribution in [2.24, 2.45) is 10.9 Å². The van der Waals surface area contributed by atoms with Crippen LogP contribution in [0, 0.1) is 0 Å². The van der Waals surface area contributed by atoms with Gasteiger partial charge in [0.2, 0.25) is 0 Å². The minimum atomic E-state index is -0.445. The van der Waals surface area contributed by atoms with Gasteiger partial charge < -0.3 is 26.3 Å². The monoisotopic (exact) mass is 434 g/mol. The standard InChI is InChI=1S/C21H18N6O3S/c22-18(25-29)17-11-15-20(31-17)24-19(23)21(28)27(15)13-6-7-16-14(10-13)26(8-9-30-16)12-4-2-1-3-5-12/h1-7,10-11,29H,8-9H2,(H2,22,25)(H2,23,24). The zero-order valence-corrected chi connectivity index (χ0v) is 17.0. The molecule has 0 amide bonds. The number of aromatic nitrogens is 2. The van der Waals surface area contributed by atoms with Gasteiger partial charge in [-0.1, -0.05) is 23.4 Å². The molecule has 0 bridgehead atoms. The first-order valence-corrected chi connectivity index (χ1v) is 10.3. The second-order valence-electron chi connectivity index (χ2n) is 6.91. The normalized spacial score (nSPS) is 13.8. The highest BCUT2D eigenvalue weighted by Crippen LogP contribution is 2.38. The van der Waals surface area contributed by atoms with Crippen LogP contribution >= 0.6 is 11.3 Å². The largest absolute Gasteiger partial charge is 0.490 e. The van der Waals surface area contributed by atoms with Crippen LogP contribution in [0.3, 0.4) is 0 Å². The summed E-state index contributed by atoms with van der Waals surface area (Å²) in [4.78, 5) is 20.3. The van der Waals surface area contributed by atoms with Crippen LogP contribution in [-0.2, 0) is 0 Å². The Labute approximate surface area is 180 Å². The van der Waals surface area contributed by atoms with Crippen molar-refractivity contribution in [1.82, 2.24) is 9.55 Å². The predicted molar refractivity (Wildman–Crippen MR) is 121 cm³/mol. The van der Waals surface area contributed by atoms with Crippen molar-refractivity contribution in [3.63, 3.8) is 0 Å². The van der Waals surface area contributed by atoms with E-state index in [1.54, 1.807) is 12.1 Å². The Morgan fingerprint density at radius 1 is 1.16 bits per heavy atom. The van der Waals surface area contributed by atoms with Gasteiger partial charge in [-0.15, -0.1) is 11.3 Å². The number of nitrogens with two attached hydrogens (primary N) is 2. The van der Waals surface area contributed by atoms with E-state index in [-0.39, 0.29) is 11.7 Å². The number of benzene rings is 2. The first-order chi connectivity index (χ1) is 15.1. The average Bonchev–Trinajstić information content (AvgIpc) is 3.22. The molecule has 0 atom stereocenters. The van der Waals surface area contributed by atoms with Crippen LogP contribution in [0.25, 0.3) is 16.0 Å². The Kier molecular flexibility index (Phi) is 4.48. The molecule has 0 saturated heterocycles. The van der Waals surface area contributed by atoms with E-state index >= 15 is 0 Å². The quantitative estimate of drug-likeness (QED) is 0.195. The fourth-order valence-corrected chi connectivity index (χ4v) is 4.57. The summed E-state index contributed by atoms with van der Waals surface area (Å²) < 4.78 is 7.32. The number of fused-ring (bicyclic) bond motifs is 2. The molecule has 4 aromatic rings. The summed E-state index contributed by atoms with van der Waals surface area (Å²) in [5, 5.41) is 12.1. The molecule has 0 unspecified atom stereocenters. The van der Waals surface area contributed by atoms with E-state index in [0.717, 1.165) is 17.1 Å². The maximum absolute atomic E-state index is 13.0. The molecule has 0 saturated carbocycles. The molecule has 0 radical (unpaired) electrons. The second-order valence-corrected chi connectivity index (χ2v) is 7.94. The number of amidine groups is 1. The van der Waals surface area contributed by atoms with Gasteiger partial charge in [0.1, 0.15) is 17.2 Å². The van der Waals surface area contributed by atoms with Crippen molar-refractivity contribution in [3.8, 4) is 11.4 Å². The minimum absolute atomic E-state index is 0.0605. The van der Waals surface area contributed by atoms with Gasteiger partial charge in [0, 0.05) is 5.69 Å². The number of oxime groups is 1. The number of para-hydroxylation sites is 1. The highest BCUT2D eigenvalue weighted by Gasteiger charge is 2.22. The summed E-state index contributed by atoms with van der Waals surface area (Å²) >= 11 is 1.19. The Morgan fingerprint density at radius 3 is 2.74 bits per heavy atom. The summed E-state index contributed by atoms with van der Waals surface area (Å²) in [7, 11) is 0. The number of thiophene rings is 1. The highest BCUT2D eigenvalue weighted by atomic mass is 32.1. The number of nitrogen functional groups attached to an aromatic ring is 1. The molecule has 156 valence electrons. The van der Waals surface area contributed by atoms with Gasteiger partial charge in [0.15, 0.2) is 11.7 Å². The maximum Gasteiger partial charge on any atom is 0.298 e. The third-order valence-corrected chi connectivity index (χ3v) is 6.11. The molecular weight excluding hydrogens is 416 g/mol. The molecule has 2 aromatic heterocycles. The maximum atomic E-state index is 13.0. The summed E-state index contributed by atoms with van der Waals surface area (Å²) in [6, 6.07) is 17.2. The molecule has 5 N–H and O–H groups in total. The third kappa shape index (κ3) is 3.13. The van der Waals surface area contributed by atoms with Crippen molar-refractivity contribution in [2.45, 2.75) is 0 Å². The molecular formula is C21H18N6O3S. The summed E-state index contributed by atoms with van der Waals surface area (Å²) in [6.45, 7) is 1.23. The molecule has 0 aliphatic carbocycles. The Balaban J connectivity index is 1.72. The van der Waals surface area contributed by atoms with E-state index < -0.39 is 5.56 Å². The molecule has 9 nitrogen and oxygen atoms in total. The minimum Gasteiger partial charge on any atom is -0.490 e. The van der Waals surface area contributed by atoms with E-state index in [1.807, 2.05) is 42.5 Å². The number of hydrogen-bond acceptors (Lipinski definition) is 8. The van der Waals surface area contributed by atoms with Crippen LogP contribution in [0.4, 0.5) is 17.2 Å². The molecule has 1 aliphatic rings. The molecule has 31 heavy (non-hydrogen) atoms. The van der Waals surface area contributed by atoms with Gasteiger partial charge in [0.05, 0.1) is 28.3 Å². The van der Waals surface area contributed by atoms with E-state index in [4.69, 9.17) is 21.4 Å². The zero-order valence-electron chi connectivity index (χ0n) is 16.2. The van der Waals surface area contributed by atoms with Gasteiger partial charge in [0.25, 0.3) is 5.56 Å². The van der Waals surface area contributed by atoms with Crippen molar-refractivity contribution < 1.29 is 9.94 Å². The van der Waals surface area contributed by atoms with E-state index in [2.05, 4.69) is 15.0 Å². The van der Waals surface area contributed by atoms with Gasteiger partial charge >= 0.3 is 0 Å².